The van der Waals surface area contributed by atoms with E-state index in [4.69, 9.17) is 0 Å². The van der Waals surface area contributed by atoms with Crippen molar-refractivity contribution >= 4 is 0 Å². The molecule has 1 rings (SSSR count). The minimum atomic E-state index is 0.344. The van der Waals surface area contributed by atoms with E-state index >= 15 is 0 Å². The molecule has 2 unspecified atom stereocenters. The molecule has 0 aromatic heterocycles. The Bertz CT molecular complexity index is 197. The van der Waals surface area contributed by atoms with E-state index < -0.39 is 0 Å². The zero-order chi connectivity index (χ0) is 12.2. The minimum absolute atomic E-state index is 0.344. The highest BCUT2D eigenvalue weighted by Gasteiger charge is 2.31. The molecule has 1 fully saturated rings. The van der Waals surface area contributed by atoms with Gasteiger partial charge in [-0.1, -0.05) is 6.92 Å². The van der Waals surface area contributed by atoms with Crippen LogP contribution in [0.5, 0.6) is 0 Å². The summed E-state index contributed by atoms with van der Waals surface area (Å²) in [4.78, 5) is 4.87. The molecule has 0 spiro atoms. The third kappa shape index (κ3) is 4.04. The summed E-state index contributed by atoms with van der Waals surface area (Å²) < 4.78 is 0. The van der Waals surface area contributed by atoms with Gasteiger partial charge in [-0.3, -0.25) is 4.90 Å². The molecule has 1 aliphatic rings. The molecular formula is C13H29N3. The third-order valence-corrected chi connectivity index (χ3v) is 3.67. The van der Waals surface area contributed by atoms with Crippen molar-refractivity contribution in [1.29, 1.82) is 0 Å². The lowest BCUT2D eigenvalue weighted by molar-refractivity contribution is 0.142. The van der Waals surface area contributed by atoms with Crippen molar-refractivity contribution in [3.8, 4) is 0 Å². The first kappa shape index (κ1) is 13.9. The van der Waals surface area contributed by atoms with Gasteiger partial charge in [-0.25, -0.2) is 0 Å². The third-order valence-electron chi connectivity index (χ3n) is 3.67. The molecule has 1 N–H and O–H groups in total. The van der Waals surface area contributed by atoms with Crippen molar-refractivity contribution in [2.24, 2.45) is 0 Å². The van der Waals surface area contributed by atoms with Gasteiger partial charge in [-0.05, 0) is 53.9 Å². The molecule has 2 atom stereocenters. The van der Waals surface area contributed by atoms with Crippen LogP contribution in [0.2, 0.25) is 0 Å². The van der Waals surface area contributed by atoms with Crippen molar-refractivity contribution in [2.45, 2.75) is 45.2 Å². The Morgan fingerprint density at radius 2 is 2.06 bits per heavy atom. The van der Waals surface area contributed by atoms with Gasteiger partial charge in [0.2, 0.25) is 0 Å². The standard InChI is InChI=1S/C13H29N3/c1-6-16(12(2)10-15(4)5)11-13(3)8-7-9-14-13/h12,14H,6-11H2,1-5H3. The van der Waals surface area contributed by atoms with E-state index in [1.165, 1.54) is 25.9 Å². The second-order valence-electron chi connectivity index (χ2n) is 5.77. The van der Waals surface area contributed by atoms with Crippen LogP contribution in [0.1, 0.15) is 33.6 Å². The summed E-state index contributed by atoms with van der Waals surface area (Å²) in [6.07, 6.45) is 2.65. The molecule has 16 heavy (non-hydrogen) atoms. The summed E-state index contributed by atoms with van der Waals surface area (Å²) >= 11 is 0. The topological polar surface area (TPSA) is 18.5 Å². The van der Waals surface area contributed by atoms with E-state index in [9.17, 15) is 0 Å². The molecule has 0 radical (unpaired) electrons. The number of hydrogen-bond donors (Lipinski definition) is 1. The lowest BCUT2D eigenvalue weighted by atomic mass is 9.99. The first-order valence-corrected chi connectivity index (χ1v) is 6.60. The Hall–Kier alpha value is -0.120. The van der Waals surface area contributed by atoms with Crippen LogP contribution in [0.3, 0.4) is 0 Å². The number of hydrogen-bond acceptors (Lipinski definition) is 3. The maximum Gasteiger partial charge on any atom is 0.0281 e. The van der Waals surface area contributed by atoms with Crippen molar-refractivity contribution in [3.63, 3.8) is 0 Å². The summed E-state index contributed by atoms with van der Waals surface area (Å²) in [5.74, 6) is 0. The Balaban J connectivity index is 2.47. The van der Waals surface area contributed by atoms with Gasteiger partial charge < -0.3 is 10.2 Å². The Morgan fingerprint density at radius 1 is 1.38 bits per heavy atom. The molecule has 0 aliphatic carbocycles. The van der Waals surface area contributed by atoms with Gasteiger partial charge in [0, 0.05) is 24.7 Å². The van der Waals surface area contributed by atoms with Crippen LogP contribution in [-0.4, -0.2) is 61.7 Å². The Morgan fingerprint density at radius 3 is 2.50 bits per heavy atom. The summed E-state index contributed by atoms with van der Waals surface area (Å²) in [6.45, 7) is 11.6. The molecule has 3 nitrogen and oxygen atoms in total. The highest BCUT2D eigenvalue weighted by atomic mass is 15.2. The zero-order valence-corrected chi connectivity index (χ0v) is 11.7. The summed E-state index contributed by atoms with van der Waals surface area (Å²) in [6, 6.07) is 0.638. The fourth-order valence-corrected chi connectivity index (χ4v) is 2.76. The molecule has 1 aliphatic heterocycles. The van der Waals surface area contributed by atoms with Crippen LogP contribution in [-0.2, 0) is 0 Å². The van der Waals surface area contributed by atoms with Crippen molar-refractivity contribution < 1.29 is 0 Å². The van der Waals surface area contributed by atoms with Crippen molar-refractivity contribution in [3.05, 3.63) is 0 Å². The molecule has 1 heterocycles. The summed E-state index contributed by atoms with van der Waals surface area (Å²) in [7, 11) is 4.31. The van der Waals surface area contributed by atoms with E-state index in [0.29, 0.717) is 11.6 Å². The van der Waals surface area contributed by atoms with Gasteiger partial charge >= 0.3 is 0 Å². The van der Waals surface area contributed by atoms with Gasteiger partial charge in [0.1, 0.15) is 0 Å². The SMILES string of the molecule is CCN(CC1(C)CCCN1)C(C)CN(C)C. The maximum absolute atomic E-state index is 3.65. The maximum atomic E-state index is 3.65. The van der Waals surface area contributed by atoms with E-state index in [1.807, 2.05) is 0 Å². The monoisotopic (exact) mass is 227 g/mol. The Labute approximate surface area is 101 Å². The fraction of sp³-hybridized carbons (Fsp3) is 1.00. The molecule has 0 saturated carbocycles. The highest BCUT2D eigenvalue weighted by molar-refractivity contribution is 4.92. The van der Waals surface area contributed by atoms with Crippen LogP contribution in [0, 0.1) is 0 Å². The van der Waals surface area contributed by atoms with E-state index in [0.717, 1.165) is 13.1 Å². The number of rotatable bonds is 6. The van der Waals surface area contributed by atoms with Gasteiger partial charge in [-0.2, -0.15) is 0 Å². The summed E-state index contributed by atoms with van der Waals surface area (Å²) in [5, 5.41) is 3.65. The molecule has 96 valence electrons. The first-order chi connectivity index (χ1) is 7.47. The van der Waals surface area contributed by atoms with Gasteiger partial charge in [0.05, 0.1) is 0 Å². The second-order valence-corrected chi connectivity index (χ2v) is 5.77. The molecule has 0 aromatic carbocycles. The summed E-state index contributed by atoms with van der Waals surface area (Å²) in [5.41, 5.74) is 0.344. The van der Waals surface area contributed by atoms with E-state index in [1.54, 1.807) is 0 Å². The van der Waals surface area contributed by atoms with Crippen LogP contribution in [0.15, 0.2) is 0 Å². The van der Waals surface area contributed by atoms with Crippen molar-refractivity contribution in [2.75, 3.05) is 40.3 Å². The van der Waals surface area contributed by atoms with Gasteiger partial charge in [0.25, 0.3) is 0 Å². The predicted molar refractivity (Wildman–Crippen MR) is 70.9 cm³/mol. The minimum Gasteiger partial charge on any atom is -0.310 e. The van der Waals surface area contributed by atoms with Crippen LogP contribution in [0.4, 0.5) is 0 Å². The smallest absolute Gasteiger partial charge is 0.0281 e. The molecule has 1 saturated heterocycles. The largest absolute Gasteiger partial charge is 0.310 e. The normalized spacial score (nSPS) is 27.9. The van der Waals surface area contributed by atoms with Gasteiger partial charge in [0.15, 0.2) is 0 Å². The number of nitrogens with one attached hydrogen (secondary N) is 1. The average Bonchev–Trinajstić information content (AvgIpc) is 2.61. The lowest BCUT2D eigenvalue weighted by Crippen LogP contribution is -2.51. The molecule has 0 bridgehead atoms. The molecular weight excluding hydrogens is 198 g/mol. The highest BCUT2D eigenvalue weighted by Crippen LogP contribution is 2.20. The quantitative estimate of drug-likeness (QED) is 0.740. The second kappa shape index (κ2) is 5.99. The van der Waals surface area contributed by atoms with Crippen LogP contribution < -0.4 is 5.32 Å². The average molecular weight is 227 g/mol. The molecule has 0 amide bonds. The number of nitrogens with zero attached hydrogens (tertiary/aromatic N) is 2. The van der Waals surface area contributed by atoms with Crippen LogP contribution >= 0.6 is 0 Å². The number of likely N-dealkylation sites (N-methyl/N-ethyl adjacent to an activating group) is 2. The van der Waals surface area contributed by atoms with Crippen LogP contribution in [0.25, 0.3) is 0 Å². The molecule has 0 aromatic rings. The van der Waals surface area contributed by atoms with E-state index in [2.05, 4.69) is 50.0 Å². The van der Waals surface area contributed by atoms with Crippen molar-refractivity contribution in [1.82, 2.24) is 15.1 Å². The van der Waals surface area contributed by atoms with E-state index in [-0.39, 0.29) is 0 Å². The zero-order valence-electron chi connectivity index (χ0n) is 11.7. The predicted octanol–water partition coefficient (Wildman–Crippen LogP) is 1.40. The molecule has 3 heteroatoms. The first-order valence-electron chi connectivity index (χ1n) is 6.60. The fourth-order valence-electron chi connectivity index (χ4n) is 2.76. The van der Waals surface area contributed by atoms with Gasteiger partial charge in [-0.15, -0.1) is 0 Å². The Kier molecular flexibility index (Phi) is 5.22. The lowest BCUT2D eigenvalue weighted by Gasteiger charge is -2.36.